The molecule has 106 valence electrons. The Balaban J connectivity index is 2.01. The summed E-state index contributed by atoms with van der Waals surface area (Å²) in [4.78, 5) is 23.5. The minimum atomic E-state index is -0.951. The molecule has 0 amide bonds. The lowest BCUT2D eigenvalue weighted by Gasteiger charge is -2.14. The van der Waals surface area contributed by atoms with E-state index in [4.69, 9.17) is 10.2 Å². The molecule has 20 heavy (non-hydrogen) atoms. The topological polar surface area (TPSA) is 86.6 Å². The lowest BCUT2D eigenvalue weighted by atomic mass is 10.1. The fourth-order valence-electron chi connectivity index (χ4n) is 1.75. The second-order valence-electron chi connectivity index (χ2n) is 4.15. The summed E-state index contributed by atoms with van der Waals surface area (Å²) in [5, 5.41) is 24.5. The number of hydrogen-bond acceptors (Lipinski definition) is 5. The Kier molecular flexibility index (Phi) is 4.89. The minimum Gasteiger partial charge on any atom is -0.481 e. The van der Waals surface area contributed by atoms with E-state index in [1.807, 2.05) is 17.5 Å². The maximum atomic E-state index is 10.9. The molecule has 2 aromatic rings. The third-order valence-electron chi connectivity index (χ3n) is 2.69. The van der Waals surface area contributed by atoms with Gasteiger partial charge in [-0.15, -0.1) is 22.7 Å². The third-order valence-corrected chi connectivity index (χ3v) is 4.61. The second kappa shape index (κ2) is 6.65. The van der Waals surface area contributed by atoms with Crippen LogP contribution in [0.2, 0.25) is 0 Å². The molecule has 1 atom stereocenters. The first-order chi connectivity index (χ1) is 9.56. The van der Waals surface area contributed by atoms with Gasteiger partial charge in [0.15, 0.2) is 0 Å². The van der Waals surface area contributed by atoms with Gasteiger partial charge in [0.25, 0.3) is 0 Å². The summed E-state index contributed by atoms with van der Waals surface area (Å²) in [5.74, 6) is -1.82. The van der Waals surface area contributed by atoms with Gasteiger partial charge in [-0.2, -0.15) is 0 Å². The highest BCUT2D eigenvalue weighted by atomic mass is 32.1. The molecular formula is C13H13NO4S2. The normalized spacial score (nSPS) is 12.2. The van der Waals surface area contributed by atoms with Crippen molar-refractivity contribution >= 4 is 34.6 Å². The molecular weight excluding hydrogens is 298 g/mol. The Morgan fingerprint density at radius 1 is 1.30 bits per heavy atom. The van der Waals surface area contributed by atoms with Crippen LogP contribution in [-0.2, 0) is 11.3 Å². The molecule has 0 aliphatic carbocycles. The number of hydrogen-bond donors (Lipinski definition) is 3. The standard InChI is InChI=1S/C13H13NO4S2/c15-12(16)5-10(11-2-1-3-19-11)14-6-9-4-8(7-20-9)13(17)18/h1-4,7,10,14H,5-6H2,(H,15,16)(H,17,18). The van der Waals surface area contributed by atoms with Gasteiger partial charge in [0.2, 0.25) is 0 Å². The molecule has 0 radical (unpaired) electrons. The molecule has 0 spiro atoms. The Hall–Kier alpha value is -1.70. The van der Waals surface area contributed by atoms with Gasteiger partial charge in [0.1, 0.15) is 0 Å². The van der Waals surface area contributed by atoms with Crippen LogP contribution in [0.25, 0.3) is 0 Å². The van der Waals surface area contributed by atoms with Gasteiger partial charge in [-0.3, -0.25) is 4.79 Å². The highest BCUT2D eigenvalue weighted by Gasteiger charge is 2.16. The zero-order valence-electron chi connectivity index (χ0n) is 10.4. The van der Waals surface area contributed by atoms with E-state index in [0.29, 0.717) is 6.54 Å². The molecule has 3 N–H and O–H groups in total. The number of thiophene rings is 2. The molecule has 1 unspecified atom stereocenters. The summed E-state index contributed by atoms with van der Waals surface area (Å²) >= 11 is 2.85. The average Bonchev–Trinajstić information content (AvgIpc) is 3.05. The Morgan fingerprint density at radius 2 is 2.10 bits per heavy atom. The van der Waals surface area contributed by atoms with Crippen molar-refractivity contribution in [3.8, 4) is 0 Å². The number of carbonyl (C=O) groups is 2. The van der Waals surface area contributed by atoms with Gasteiger partial charge in [0, 0.05) is 21.7 Å². The molecule has 0 aromatic carbocycles. The number of aliphatic carboxylic acids is 1. The van der Waals surface area contributed by atoms with Crippen LogP contribution >= 0.6 is 22.7 Å². The monoisotopic (exact) mass is 311 g/mol. The highest BCUT2D eigenvalue weighted by molar-refractivity contribution is 7.10. The molecule has 7 heteroatoms. The first-order valence-corrected chi connectivity index (χ1v) is 7.61. The lowest BCUT2D eigenvalue weighted by Crippen LogP contribution is -2.22. The summed E-state index contributed by atoms with van der Waals surface area (Å²) in [7, 11) is 0. The molecule has 5 nitrogen and oxygen atoms in total. The van der Waals surface area contributed by atoms with Crippen molar-refractivity contribution in [1.82, 2.24) is 5.32 Å². The maximum absolute atomic E-state index is 10.9. The van der Waals surface area contributed by atoms with Crippen LogP contribution in [0.15, 0.2) is 29.0 Å². The molecule has 2 aromatic heterocycles. The van der Waals surface area contributed by atoms with Crippen LogP contribution in [0.5, 0.6) is 0 Å². The lowest BCUT2D eigenvalue weighted by molar-refractivity contribution is -0.137. The molecule has 2 rings (SSSR count). The number of rotatable bonds is 7. The fourth-order valence-corrected chi connectivity index (χ4v) is 3.36. The number of aromatic carboxylic acids is 1. The van der Waals surface area contributed by atoms with Crippen LogP contribution in [0.4, 0.5) is 0 Å². The third kappa shape index (κ3) is 3.89. The quantitative estimate of drug-likeness (QED) is 0.732. The number of carboxylic acids is 2. The van der Waals surface area contributed by atoms with E-state index in [1.165, 1.54) is 22.7 Å². The molecule has 0 bridgehead atoms. The number of nitrogens with one attached hydrogen (secondary N) is 1. The summed E-state index contributed by atoms with van der Waals surface area (Å²) in [5.41, 5.74) is 0.262. The minimum absolute atomic E-state index is 0.00231. The second-order valence-corrected chi connectivity index (χ2v) is 6.13. The van der Waals surface area contributed by atoms with Crippen molar-refractivity contribution in [2.45, 2.75) is 19.0 Å². The van der Waals surface area contributed by atoms with Crippen molar-refractivity contribution in [3.05, 3.63) is 44.3 Å². The SMILES string of the molecule is O=C(O)CC(NCc1cc(C(=O)O)cs1)c1cccs1. The van der Waals surface area contributed by atoms with Gasteiger partial charge in [-0.05, 0) is 17.5 Å². The summed E-state index contributed by atoms with van der Waals surface area (Å²) < 4.78 is 0. The summed E-state index contributed by atoms with van der Waals surface area (Å²) in [6.45, 7) is 0.452. The van der Waals surface area contributed by atoms with E-state index in [2.05, 4.69) is 5.32 Å². The van der Waals surface area contributed by atoms with Crippen molar-refractivity contribution in [2.24, 2.45) is 0 Å². The van der Waals surface area contributed by atoms with E-state index in [0.717, 1.165) is 9.75 Å². The van der Waals surface area contributed by atoms with Crippen molar-refractivity contribution in [2.75, 3.05) is 0 Å². The predicted molar refractivity (Wildman–Crippen MR) is 77.4 cm³/mol. The molecule has 0 aliphatic heterocycles. The van der Waals surface area contributed by atoms with Crippen molar-refractivity contribution in [3.63, 3.8) is 0 Å². The van der Waals surface area contributed by atoms with Crippen LogP contribution < -0.4 is 5.32 Å². The van der Waals surface area contributed by atoms with Crippen molar-refractivity contribution < 1.29 is 19.8 Å². The predicted octanol–water partition coefficient (Wildman–Crippen LogP) is 2.81. The Bertz CT molecular complexity index is 591. The van der Waals surface area contributed by atoms with E-state index in [1.54, 1.807) is 11.4 Å². The van der Waals surface area contributed by atoms with Gasteiger partial charge in [-0.1, -0.05) is 6.07 Å². The first kappa shape index (κ1) is 14.7. The molecule has 0 saturated heterocycles. The van der Waals surface area contributed by atoms with Crippen LogP contribution in [0.1, 0.15) is 32.6 Å². The largest absolute Gasteiger partial charge is 0.481 e. The van der Waals surface area contributed by atoms with E-state index >= 15 is 0 Å². The smallest absolute Gasteiger partial charge is 0.336 e. The van der Waals surface area contributed by atoms with Gasteiger partial charge in [0.05, 0.1) is 18.0 Å². The van der Waals surface area contributed by atoms with E-state index in [-0.39, 0.29) is 18.0 Å². The van der Waals surface area contributed by atoms with Crippen LogP contribution in [0.3, 0.4) is 0 Å². The van der Waals surface area contributed by atoms with Crippen molar-refractivity contribution in [1.29, 1.82) is 0 Å². The van der Waals surface area contributed by atoms with Crippen LogP contribution in [-0.4, -0.2) is 22.2 Å². The van der Waals surface area contributed by atoms with Crippen LogP contribution in [0, 0.1) is 0 Å². The molecule has 2 heterocycles. The number of carboxylic acid groups (broad SMARTS) is 2. The molecule has 0 fully saturated rings. The summed E-state index contributed by atoms with van der Waals surface area (Å²) in [6, 6.07) is 5.11. The fraction of sp³-hybridized carbons (Fsp3) is 0.231. The van der Waals surface area contributed by atoms with E-state index < -0.39 is 11.9 Å². The highest BCUT2D eigenvalue weighted by Crippen LogP contribution is 2.23. The zero-order valence-corrected chi connectivity index (χ0v) is 12.0. The van der Waals surface area contributed by atoms with Gasteiger partial charge in [-0.25, -0.2) is 4.79 Å². The maximum Gasteiger partial charge on any atom is 0.336 e. The van der Waals surface area contributed by atoms with E-state index in [9.17, 15) is 9.59 Å². The molecule has 0 saturated carbocycles. The van der Waals surface area contributed by atoms with Gasteiger partial charge >= 0.3 is 11.9 Å². The Labute approximate surface area is 123 Å². The average molecular weight is 311 g/mol. The Morgan fingerprint density at radius 3 is 2.65 bits per heavy atom. The summed E-state index contributed by atoms with van der Waals surface area (Å²) in [6.07, 6.45) is -0.00231. The molecule has 0 aliphatic rings. The zero-order chi connectivity index (χ0) is 14.5. The first-order valence-electron chi connectivity index (χ1n) is 5.85. The van der Waals surface area contributed by atoms with Gasteiger partial charge < -0.3 is 15.5 Å².